The molecule has 1 atom stereocenters. The highest BCUT2D eigenvalue weighted by Gasteiger charge is 2.26. The summed E-state index contributed by atoms with van der Waals surface area (Å²) < 4.78 is 5.92. The van der Waals surface area contributed by atoms with Crippen LogP contribution in [0.3, 0.4) is 0 Å². The Hall–Kier alpha value is -3.18. The number of benzene rings is 2. The van der Waals surface area contributed by atoms with Crippen LogP contribution in [0.25, 0.3) is 0 Å². The van der Waals surface area contributed by atoms with Gasteiger partial charge in [-0.2, -0.15) is 0 Å². The van der Waals surface area contributed by atoms with Gasteiger partial charge in [-0.25, -0.2) is 4.98 Å². The van der Waals surface area contributed by atoms with E-state index in [9.17, 15) is 9.59 Å². The second kappa shape index (κ2) is 8.45. The molecule has 6 heteroatoms. The van der Waals surface area contributed by atoms with Crippen LogP contribution in [0.1, 0.15) is 32.7 Å². The molecule has 0 saturated carbocycles. The van der Waals surface area contributed by atoms with Crippen molar-refractivity contribution in [2.24, 2.45) is 0 Å². The van der Waals surface area contributed by atoms with E-state index in [0.717, 1.165) is 24.9 Å². The molecule has 29 heavy (non-hydrogen) atoms. The van der Waals surface area contributed by atoms with Gasteiger partial charge in [0.05, 0.1) is 11.6 Å². The van der Waals surface area contributed by atoms with Crippen molar-refractivity contribution in [1.82, 2.24) is 4.98 Å². The summed E-state index contributed by atoms with van der Waals surface area (Å²) in [5, 5.41) is 0.392. The standard InChI is InChI=1S/C23H19ClN2O3/c24-20-6-2-1-5-19(20)23(28)16-8-9-21(17(13-16)15-27)26-12-10-18(14-26)29-22-7-3-4-11-25-22/h1-9,11,13,15,18H,10,12,14H2/t18-/m0/s1. The molecule has 1 fully saturated rings. The normalized spacial score (nSPS) is 15.9. The lowest BCUT2D eigenvalue weighted by atomic mass is 10.0. The zero-order valence-electron chi connectivity index (χ0n) is 15.6. The number of anilines is 1. The molecule has 2 aromatic carbocycles. The molecule has 1 aromatic heterocycles. The van der Waals surface area contributed by atoms with Crippen molar-refractivity contribution in [2.45, 2.75) is 12.5 Å². The number of aldehydes is 1. The first-order chi connectivity index (χ1) is 14.2. The van der Waals surface area contributed by atoms with Gasteiger partial charge in [0.1, 0.15) is 6.10 Å². The zero-order chi connectivity index (χ0) is 20.2. The van der Waals surface area contributed by atoms with Crippen LogP contribution < -0.4 is 9.64 Å². The third-order valence-corrected chi connectivity index (χ3v) is 5.28. The summed E-state index contributed by atoms with van der Waals surface area (Å²) in [6, 6.07) is 17.6. The zero-order valence-corrected chi connectivity index (χ0v) is 16.4. The summed E-state index contributed by atoms with van der Waals surface area (Å²) in [6.07, 6.45) is 3.30. The summed E-state index contributed by atoms with van der Waals surface area (Å²) in [4.78, 5) is 30.8. The maximum Gasteiger partial charge on any atom is 0.213 e. The van der Waals surface area contributed by atoms with Gasteiger partial charge < -0.3 is 9.64 Å². The van der Waals surface area contributed by atoms with Gasteiger partial charge in [0.15, 0.2) is 12.1 Å². The van der Waals surface area contributed by atoms with Gasteiger partial charge in [-0.15, -0.1) is 0 Å². The lowest BCUT2D eigenvalue weighted by Crippen LogP contribution is -2.25. The number of carbonyl (C=O) groups is 2. The Bertz CT molecular complexity index is 1040. The van der Waals surface area contributed by atoms with E-state index in [4.69, 9.17) is 16.3 Å². The van der Waals surface area contributed by atoms with Crippen LogP contribution in [-0.2, 0) is 0 Å². The minimum atomic E-state index is -0.206. The van der Waals surface area contributed by atoms with Gasteiger partial charge in [0.2, 0.25) is 5.88 Å². The first kappa shape index (κ1) is 19.2. The highest BCUT2D eigenvalue weighted by molar-refractivity contribution is 6.35. The highest BCUT2D eigenvalue weighted by Crippen LogP contribution is 2.28. The Morgan fingerprint density at radius 3 is 2.72 bits per heavy atom. The number of ketones is 1. The van der Waals surface area contributed by atoms with Gasteiger partial charge in [0.25, 0.3) is 0 Å². The Labute approximate surface area is 173 Å². The number of aromatic nitrogens is 1. The largest absolute Gasteiger partial charge is 0.472 e. The average molecular weight is 407 g/mol. The van der Waals surface area contributed by atoms with Crippen LogP contribution in [0.5, 0.6) is 5.88 Å². The van der Waals surface area contributed by atoms with E-state index >= 15 is 0 Å². The summed E-state index contributed by atoms with van der Waals surface area (Å²) in [7, 11) is 0. The number of hydrogen-bond acceptors (Lipinski definition) is 5. The average Bonchev–Trinajstić information content (AvgIpc) is 3.22. The van der Waals surface area contributed by atoms with Crippen LogP contribution in [0.15, 0.2) is 66.9 Å². The molecule has 0 unspecified atom stereocenters. The molecule has 1 aliphatic heterocycles. The lowest BCUT2D eigenvalue weighted by molar-refractivity contribution is 0.103. The van der Waals surface area contributed by atoms with Crippen LogP contribution in [0.2, 0.25) is 5.02 Å². The maximum atomic E-state index is 12.8. The predicted molar refractivity (Wildman–Crippen MR) is 112 cm³/mol. The fourth-order valence-electron chi connectivity index (χ4n) is 3.51. The molecule has 1 saturated heterocycles. The van der Waals surface area contributed by atoms with Gasteiger partial charge in [-0.3, -0.25) is 9.59 Å². The topological polar surface area (TPSA) is 59.5 Å². The summed E-state index contributed by atoms with van der Waals surface area (Å²) in [6.45, 7) is 1.41. The first-order valence-corrected chi connectivity index (χ1v) is 9.74. The van der Waals surface area contributed by atoms with Crippen molar-refractivity contribution in [1.29, 1.82) is 0 Å². The van der Waals surface area contributed by atoms with Crippen molar-refractivity contribution >= 4 is 29.4 Å². The van der Waals surface area contributed by atoms with E-state index in [0.29, 0.717) is 34.1 Å². The number of nitrogens with zero attached hydrogens (tertiary/aromatic N) is 2. The van der Waals surface area contributed by atoms with Crippen LogP contribution in [0.4, 0.5) is 5.69 Å². The molecule has 1 aliphatic rings. The molecule has 2 heterocycles. The Balaban J connectivity index is 1.52. The minimum Gasteiger partial charge on any atom is -0.472 e. The molecule has 0 amide bonds. The van der Waals surface area contributed by atoms with Gasteiger partial charge >= 0.3 is 0 Å². The molecule has 146 valence electrons. The Morgan fingerprint density at radius 2 is 1.97 bits per heavy atom. The predicted octanol–water partition coefficient (Wildman–Crippen LogP) is 4.44. The first-order valence-electron chi connectivity index (χ1n) is 9.37. The monoisotopic (exact) mass is 406 g/mol. The van der Waals surface area contributed by atoms with Crippen molar-refractivity contribution in [3.8, 4) is 5.88 Å². The molecule has 0 N–H and O–H groups in total. The summed E-state index contributed by atoms with van der Waals surface area (Å²) in [5.41, 5.74) is 2.12. The van der Waals surface area contributed by atoms with Crippen LogP contribution in [0, 0.1) is 0 Å². The van der Waals surface area contributed by atoms with Gasteiger partial charge in [-0.1, -0.05) is 29.8 Å². The second-order valence-electron chi connectivity index (χ2n) is 6.84. The lowest BCUT2D eigenvalue weighted by Gasteiger charge is -2.21. The molecule has 0 spiro atoms. The van der Waals surface area contributed by atoms with E-state index < -0.39 is 0 Å². The molecule has 4 rings (SSSR count). The summed E-state index contributed by atoms with van der Waals surface area (Å²) in [5.74, 6) is 0.388. The fourth-order valence-corrected chi connectivity index (χ4v) is 3.73. The Kier molecular flexibility index (Phi) is 5.58. The SMILES string of the molecule is O=Cc1cc(C(=O)c2ccccc2Cl)ccc1N1CC[C@H](Oc2ccccn2)C1. The maximum absolute atomic E-state index is 12.8. The number of pyridine rings is 1. The van der Waals surface area contributed by atoms with Crippen molar-refractivity contribution < 1.29 is 14.3 Å². The Morgan fingerprint density at radius 1 is 1.14 bits per heavy atom. The number of carbonyl (C=O) groups excluding carboxylic acids is 2. The molecule has 0 radical (unpaired) electrons. The fraction of sp³-hybridized carbons (Fsp3) is 0.174. The number of halogens is 1. The second-order valence-corrected chi connectivity index (χ2v) is 7.25. The molecular weight excluding hydrogens is 388 g/mol. The number of rotatable bonds is 6. The van der Waals surface area contributed by atoms with E-state index in [1.54, 1.807) is 42.6 Å². The van der Waals surface area contributed by atoms with Crippen LogP contribution in [-0.4, -0.2) is 36.2 Å². The number of ether oxygens (including phenoxy) is 1. The van der Waals surface area contributed by atoms with Crippen molar-refractivity contribution in [3.05, 3.63) is 88.6 Å². The van der Waals surface area contributed by atoms with E-state index in [1.807, 2.05) is 24.3 Å². The van der Waals surface area contributed by atoms with E-state index in [-0.39, 0.29) is 11.9 Å². The third-order valence-electron chi connectivity index (χ3n) is 4.95. The minimum absolute atomic E-state index is 0.00571. The van der Waals surface area contributed by atoms with E-state index in [1.165, 1.54) is 0 Å². The highest BCUT2D eigenvalue weighted by atomic mass is 35.5. The third kappa shape index (κ3) is 4.15. The summed E-state index contributed by atoms with van der Waals surface area (Å²) >= 11 is 6.14. The smallest absolute Gasteiger partial charge is 0.213 e. The molecule has 3 aromatic rings. The van der Waals surface area contributed by atoms with E-state index in [2.05, 4.69) is 9.88 Å². The molecule has 0 aliphatic carbocycles. The number of hydrogen-bond donors (Lipinski definition) is 0. The van der Waals surface area contributed by atoms with Crippen molar-refractivity contribution in [2.75, 3.05) is 18.0 Å². The van der Waals surface area contributed by atoms with Crippen LogP contribution >= 0.6 is 11.6 Å². The van der Waals surface area contributed by atoms with Gasteiger partial charge in [-0.05, 0) is 36.4 Å². The van der Waals surface area contributed by atoms with Crippen molar-refractivity contribution in [3.63, 3.8) is 0 Å². The van der Waals surface area contributed by atoms with Gasteiger partial charge in [0, 0.05) is 47.6 Å². The molecule has 5 nitrogen and oxygen atoms in total. The quantitative estimate of drug-likeness (QED) is 0.447. The molecule has 0 bridgehead atoms. The molecular formula is C23H19ClN2O3.